The molecule has 0 aliphatic rings. The third kappa shape index (κ3) is 6.75. The van der Waals surface area contributed by atoms with Gasteiger partial charge in [-0.15, -0.1) is 29.6 Å². The summed E-state index contributed by atoms with van der Waals surface area (Å²) in [5.74, 6) is 0.115. The smallest absolute Gasteiger partial charge is 0.406 e. The van der Waals surface area contributed by atoms with E-state index >= 15 is 0 Å². The van der Waals surface area contributed by atoms with Crippen LogP contribution in [-0.2, 0) is 5.54 Å². The second-order valence-corrected chi connectivity index (χ2v) is 11.9. The van der Waals surface area contributed by atoms with E-state index in [2.05, 4.69) is 58.0 Å². The first-order valence-electron chi connectivity index (χ1n) is 13.7. The summed E-state index contributed by atoms with van der Waals surface area (Å²) in [7, 11) is 0. The maximum absolute atomic E-state index is 13.2. The molecule has 8 nitrogen and oxygen atoms in total. The topological polar surface area (TPSA) is 86.3 Å². The zero-order valence-electron chi connectivity index (χ0n) is 25.0. The third-order valence-corrected chi connectivity index (χ3v) is 7.99. The van der Waals surface area contributed by atoms with Crippen molar-refractivity contribution in [3.8, 4) is 28.5 Å². The molecule has 2 aromatic heterocycles. The number of aryl methyl sites for hydroxylation is 4. The molecular weight excluding hydrogens is 589 g/mol. The van der Waals surface area contributed by atoms with E-state index in [1.807, 2.05) is 55.0 Å². The quantitative estimate of drug-likeness (QED) is 0.214. The Morgan fingerprint density at radius 2 is 1.59 bits per heavy atom. The van der Waals surface area contributed by atoms with Crippen molar-refractivity contribution in [1.29, 1.82) is 0 Å². The molecule has 12 heteroatoms. The van der Waals surface area contributed by atoms with E-state index in [1.165, 1.54) is 52.2 Å². The molecule has 228 valence electrons. The predicted octanol–water partition coefficient (Wildman–Crippen LogP) is 7.46. The van der Waals surface area contributed by atoms with Crippen LogP contribution < -0.4 is 14.9 Å². The van der Waals surface area contributed by atoms with Gasteiger partial charge >= 0.3 is 12.4 Å². The van der Waals surface area contributed by atoms with Crippen LogP contribution in [-0.4, -0.2) is 31.7 Å². The third-order valence-electron chi connectivity index (χ3n) is 7.05. The van der Waals surface area contributed by atoms with Crippen LogP contribution in [0.3, 0.4) is 0 Å². The molecule has 1 N–H and O–H groups in total. The van der Waals surface area contributed by atoms with Crippen molar-refractivity contribution >= 4 is 17.4 Å². The average Bonchev–Trinajstić information content (AvgIpc) is 3.55. The van der Waals surface area contributed by atoms with Crippen LogP contribution in [0.2, 0.25) is 0 Å². The lowest BCUT2D eigenvalue weighted by Crippen LogP contribution is -2.40. The largest absolute Gasteiger partial charge is 0.573 e. The number of amides is 2. The molecule has 5 aromatic rings. The van der Waals surface area contributed by atoms with E-state index in [0.29, 0.717) is 16.3 Å². The van der Waals surface area contributed by atoms with Crippen molar-refractivity contribution in [1.82, 2.24) is 24.6 Å². The first-order valence-corrected chi connectivity index (χ1v) is 14.6. The van der Waals surface area contributed by atoms with Gasteiger partial charge in [-0.05, 0) is 82.5 Å². The second kappa shape index (κ2) is 11.8. The number of hydrogen-bond acceptors (Lipinski definition) is 5. The number of carbonyl (C=O) groups is 1. The summed E-state index contributed by atoms with van der Waals surface area (Å²) in [6.45, 7) is 12.0. The maximum Gasteiger partial charge on any atom is 0.573 e. The normalized spacial score (nSPS) is 12.4. The SMILES string of the molecule is Cc1cc(C)c(-n2c(C)csc2=NC(=O)NC(C)(C)c2ccc(-c3ncn(-c4ccc(OC(F)(F)F)cc4)n3)cc2)c(C)c1. The maximum atomic E-state index is 13.2. The van der Waals surface area contributed by atoms with E-state index in [1.54, 1.807) is 0 Å². The molecule has 0 unspecified atom stereocenters. The fraction of sp³-hybridized carbons (Fsp3) is 0.250. The number of aromatic nitrogens is 4. The molecule has 0 saturated carbocycles. The zero-order chi connectivity index (χ0) is 31.8. The molecule has 0 aliphatic carbocycles. The standard InChI is InChI=1S/C32H31F3N6O2S/c1-19-15-20(2)27(21(3)16-19)41-22(4)17-44-30(41)37-29(42)38-31(5,6)24-9-7-23(8-10-24)28-36-18-40(39-28)25-11-13-26(14-12-25)43-32(33,34)35/h7-18H,1-6H3,(H,38,42). The Kier molecular flexibility index (Phi) is 8.21. The molecule has 0 fully saturated rings. The van der Waals surface area contributed by atoms with Crippen molar-refractivity contribution < 1.29 is 22.7 Å². The van der Waals surface area contributed by atoms with Crippen LogP contribution in [0.1, 0.15) is 41.8 Å². The fourth-order valence-corrected chi connectivity index (χ4v) is 5.94. The van der Waals surface area contributed by atoms with E-state index in [-0.39, 0.29) is 5.75 Å². The number of carbonyl (C=O) groups excluding carboxylic acids is 1. The van der Waals surface area contributed by atoms with Gasteiger partial charge in [-0.3, -0.25) is 4.57 Å². The van der Waals surface area contributed by atoms with Crippen molar-refractivity contribution in [2.24, 2.45) is 4.99 Å². The highest BCUT2D eigenvalue weighted by Crippen LogP contribution is 2.26. The summed E-state index contributed by atoms with van der Waals surface area (Å²) in [5, 5.41) is 9.46. The monoisotopic (exact) mass is 620 g/mol. The molecule has 0 atom stereocenters. The summed E-state index contributed by atoms with van der Waals surface area (Å²) in [5.41, 5.74) is 6.79. The Morgan fingerprint density at radius 1 is 0.955 bits per heavy atom. The molecule has 0 saturated heterocycles. The van der Waals surface area contributed by atoms with Crippen LogP contribution in [0.15, 0.2) is 77.4 Å². The molecule has 5 rings (SSSR count). The number of nitrogens with zero attached hydrogens (tertiary/aromatic N) is 5. The first kappa shape index (κ1) is 30.7. The highest BCUT2D eigenvalue weighted by atomic mass is 32.1. The van der Waals surface area contributed by atoms with Gasteiger partial charge in [0.05, 0.1) is 16.9 Å². The van der Waals surface area contributed by atoms with E-state index < -0.39 is 17.9 Å². The lowest BCUT2D eigenvalue weighted by Gasteiger charge is -2.26. The Bertz CT molecular complexity index is 1860. The number of rotatable bonds is 6. The lowest BCUT2D eigenvalue weighted by molar-refractivity contribution is -0.274. The average molecular weight is 621 g/mol. The predicted molar refractivity (Wildman–Crippen MR) is 163 cm³/mol. The summed E-state index contributed by atoms with van der Waals surface area (Å²) in [6, 6.07) is 16.6. The fourth-order valence-electron chi connectivity index (χ4n) is 5.08. The number of ether oxygens (including phenoxy) is 1. The van der Waals surface area contributed by atoms with Gasteiger partial charge < -0.3 is 10.1 Å². The van der Waals surface area contributed by atoms with Gasteiger partial charge in [0.1, 0.15) is 12.1 Å². The molecular formula is C32H31F3N6O2S. The first-order chi connectivity index (χ1) is 20.7. The number of halogens is 3. The van der Waals surface area contributed by atoms with Gasteiger partial charge in [-0.25, -0.2) is 14.5 Å². The van der Waals surface area contributed by atoms with Crippen LogP contribution in [0.25, 0.3) is 22.8 Å². The number of urea groups is 1. The van der Waals surface area contributed by atoms with Crippen LogP contribution in [0.5, 0.6) is 5.75 Å². The Labute approximate surface area is 256 Å². The molecule has 0 spiro atoms. The van der Waals surface area contributed by atoms with Crippen molar-refractivity contribution in [2.45, 2.75) is 53.4 Å². The van der Waals surface area contributed by atoms with Crippen molar-refractivity contribution in [3.05, 3.63) is 105 Å². The Balaban J connectivity index is 1.32. The highest BCUT2D eigenvalue weighted by molar-refractivity contribution is 7.07. The summed E-state index contributed by atoms with van der Waals surface area (Å²) < 4.78 is 44.7. The van der Waals surface area contributed by atoms with Gasteiger partial charge in [0.25, 0.3) is 0 Å². The van der Waals surface area contributed by atoms with Crippen LogP contribution >= 0.6 is 11.3 Å². The van der Waals surface area contributed by atoms with Gasteiger partial charge in [-0.1, -0.05) is 42.0 Å². The summed E-state index contributed by atoms with van der Waals surface area (Å²) in [6.07, 6.45) is -3.28. The van der Waals surface area contributed by atoms with Gasteiger partial charge in [-0.2, -0.15) is 4.99 Å². The van der Waals surface area contributed by atoms with Crippen LogP contribution in [0, 0.1) is 27.7 Å². The number of hydrogen-bond donors (Lipinski definition) is 1. The van der Waals surface area contributed by atoms with E-state index in [9.17, 15) is 18.0 Å². The molecule has 0 aliphatic heterocycles. The molecule has 44 heavy (non-hydrogen) atoms. The number of nitrogens with one attached hydrogen (secondary N) is 1. The van der Waals surface area contributed by atoms with E-state index in [4.69, 9.17) is 0 Å². The number of thiazole rings is 1. The molecule has 0 radical (unpaired) electrons. The van der Waals surface area contributed by atoms with Crippen molar-refractivity contribution in [2.75, 3.05) is 0 Å². The Hall–Kier alpha value is -4.71. The summed E-state index contributed by atoms with van der Waals surface area (Å²) in [4.78, 5) is 22.5. The van der Waals surface area contributed by atoms with Gasteiger partial charge in [0.2, 0.25) is 0 Å². The molecule has 0 bridgehead atoms. The van der Waals surface area contributed by atoms with Gasteiger partial charge in [0.15, 0.2) is 10.6 Å². The second-order valence-electron chi connectivity index (χ2n) is 11.0. The molecule has 3 aromatic carbocycles. The number of alkyl halides is 3. The number of benzene rings is 3. The minimum Gasteiger partial charge on any atom is -0.406 e. The minimum atomic E-state index is -4.76. The minimum absolute atomic E-state index is 0.319. The lowest BCUT2D eigenvalue weighted by atomic mass is 9.93. The van der Waals surface area contributed by atoms with E-state index in [0.717, 1.165) is 33.6 Å². The molecule has 2 amide bonds. The Morgan fingerprint density at radius 3 is 2.20 bits per heavy atom. The van der Waals surface area contributed by atoms with Crippen molar-refractivity contribution in [3.63, 3.8) is 0 Å². The molecule has 2 heterocycles. The van der Waals surface area contributed by atoms with Gasteiger partial charge in [0, 0.05) is 16.6 Å². The zero-order valence-corrected chi connectivity index (χ0v) is 25.8. The highest BCUT2D eigenvalue weighted by Gasteiger charge is 2.31. The summed E-state index contributed by atoms with van der Waals surface area (Å²) >= 11 is 1.41. The van der Waals surface area contributed by atoms with Crippen LogP contribution in [0.4, 0.5) is 18.0 Å².